The maximum Gasteiger partial charge on any atom is 0.303 e. The van der Waals surface area contributed by atoms with E-state index in [-0.39, 0.29) is 5.04 Å². The van der Waals surface area contributed by atoms with Gasteiger partial charge in [-0.05, 0) is 53.9 Å². The van der Waals surface area contributed by atoms with Gasteiger partial charge >= 0.3 is 5.97 Å². The average molecular weight is 537 g/mol. The van der Waals surface area contributed by atoms with Crippen molar-refractivity contribution in [3.63, 3.8) is 0 Å². The Hall–Kier alpha value is -2.17. The van der Waals surface area contributed by atoms with Crippen LogP contribution < -0.4 is 10.4 Å². The van der Waals surface area contributed by atoms with Crippen LogP contribution in [0.15, 0.2) is 72.8 Å². The third-order valence-corrected chi connectivity index (χ3v) is 12.5. The molecule has 0 amide bonds. The SMILES string of the molecule is CC(C)(C)[Si](OCCCCCCCC/C=C/CCCCCCCC(=O)O)(c1ccccc1)c1ccccc1. The largest absolute Gasteiger partial charge is 0.481 e. The third-order valence-electron chi connectivity index (χ3n) is 7.43. The molecule has 2 rings (SSSR count). The Kier molecular flexibility index (Phi) is 15.3. The Morgan fingerprint density at radius 1 is 0.684 bits per heavy atom. The predicted molar refractivity (Wildman–Crippen MR) is 165 cm³/mol. The fraction of sp³-hybridized carbons (Fsp3) is 0.559. The second-order valence-corrected chi connectivity index (χ2v) is 15.9. The van der Waals surface area contributed by atoms with Crippen LogP contribution in [0.3, 0.4) is 0 Å². The second-order valence-electron chi connectivity index (χ2n) is 11.6. The first kappa shape index (κ1) is 32.0. The number of benzene rings is 2. The quantitative estimate of drug-likeness (QED) is 0.105. The topological polar surface area (TPSA) is 46.5 Å². The maximum atomic E-state index is 10.5. The minimum atomic E-state index is -2.39. The molecule has 38 heavy (non-hydrogen) atoms. The van der Waals surface area contributed by atoms with E-state index in [2.05, 4.69) is 93.6 Å². The molecule has 0 aromatic heterocycles. The van der Waals surface area contributed by atoms with Gasteiger partial charge in [-0.25, -0.2) is 0 Å². The van der Waals surface area contributed by atoms with Crippen LogP contribution in [0.5, 0.6) is 0 Å². The summed E-state index contributed by atoms with van der Waals surface area (Å²) in [4.78, 5) is 10.5. The molecule has 0 unspecified atom stereocenters. The molecule has 2 aromatic carbocycles. The van der Waals surface area contributed by atoms with Crippen molar-refractivity contribution in [3.05, 3.63) is 72.8 Å². The molecule has 210 valence electrons. The normalized spacial score (nSPS) is 12.3. The van der Waals surface area contributed by atoms with Gasteiger partial charge < -0.3 is 9.53 Å². The van der Waals surface area contributed by atoms with Crippen LogP contribution in [-0.2, 0) is 9.22 Å². The van der Waals surface area contributed by atoms with E-state index in [1.54, 1.807) is 0 Å². The molecule has 0 aliphatic rings. The van der Waals surface area contributed by atoms with Gasteiger partial charge in [0.2, 0.25) is 0 Å². The molecule has 0 aliphatic carbocycles. The molecule has 0 saturated carbocycles. The number of carboxylic acid groups (broad SMARTS) is 1. The molecule has 0 atom stereocenters. The zero-order valence-corrected chi connectivity index (χ0v) is 25.3. The summed E-state index contributed by atoms with van der Waals surface area (Å²) < 4.78 is 7.00. The van der Waals surface area contributed by atoms with Crippen molar-refractivity contribution in [2.24, 2.45) is 0 Å². The summed E-state index contributed by atoms with van der Waals surface area (Å²) in [6, 6.07) is 21.9. The Morgan fingerprint density at radius 2 is 1.11 bits per heavy atom. The van der Waals surface area contributed by atoms with E-state index < -0.39 is 14.3 Å². The standard InChI is InChI=1S/C34H52O3Si/c1-34(2,3)38(31-25-19-17-20-26-31,32-27-21-18-22-28-32)37-30-24-16-14-12-10-8-6-4-5-7-9-11-13-15-23-29-33(35)36/h4-5,17-22,25-28H,6-16,23-24,29-30H2,1-3H3,(H,35,36)/b5-4+. The first-order valence-electron chi connectivity index (χ1n) is 15.0. The van der Waals surface area contributed by atoms with Crippen LogP contribution >= 0.6 is 0 Å². The van der Waals surface area contributed by atoms with Crippen molar-refractivity contribution >= 4 is 24.7 Å². The van der Waals surface area contributed by atoms with Crippen LogP contribution in [0.2, 0.25) is 5.04 Å². The highest BCUT2D eigenvalue weighted by molar-refractivity contribution is 6.99. The van der Waals surface area contributed by atoms with Crippen LogP contribution in [0.4, 0.5) is 0 Å². The highest BCUT2D eigenvalue weighted by Crippen LogP contribution is 2.36. The second kappa shape index (κ2) is 18.2. The fourth-order valence-electron chi connectivity index (χ4n) is 5.36. The highest BCUT2D eigenvalue weighted by atomic mass is 28.4. The first-order valence-corrected chi connectivity index (χ1v) is 16.9. The van der Waals surface area contributed by atoms with Crippen molar-refractivity contribution in [3.8, 4) is 0 Å². The predicted octanol–water partition coefficient (Wildman–Crippen LogP) is 8.67. The van der Waals surface area contributed by atoms with E-state index in [1.165, 1.54) is 61.7 Å². The minimum Gasteiger partial charge on any atom is -0.481 e. The summed E-state index contributed by atoms with van der Waals surface area (Å²) in [6.45, 7) is 7.87. The van der Waals surface area contributed by atoms with Gasteiger partial charge in [-0.15, -0.1) is 0 Å². The maximum absolute atomic E-state index is 10.5. The average Bonchev–Trinajstić information content (AvgIpc) is 2.90. The van der Waals surface area contributed by atoms with Gasteiger partial charge in [-0.1, -0.05) is 139 Å². The molecule has 4 heteroatoms. The summed E-state index contributed by atoms with van der Waals surface area (Å²) in [5.41, 5.74) is 0. The van der Waals surface area contributed by atoms with Gasteiger partial charge in [0.15, 0.2) is 0 Å². The number of unbranched alkanes of at least 4 members (excludes halogenated alkanes) is 11. The van der Waals surface area contributed by atoms with E-state index in [1.807, 2.05) is 0 Å². The molecule has 2 aromatic rings. The number of carbonyl (C=O) groups is 1. The summed E-state index contributed by atoms with van der Waals surface area (Å²) in [5.74, 6) is -0.673. The van der Waals surface area contributed by atoms with Crippen molar-refractivity contribution in [1.82, 2.24) is 0 Å². The molecule has 1 N–H and O–H groups in total. The zero-order chi connectivity index (χ0) is 27.5. The van der Waals surface area contributed by atoms with Gasteiger partial charge in [-0.2, -0.15) is 0 Å². The molecule has 0 spiro atoms. The molecule has 0 heterocycles. The van der Waals surface area contributed by atoms with E-state index in [9.17, 15) is 4.79 Å². The van der Waals surface area contributed by atoms with Gasteiger partial charge in [0.05, 0.1) is 0 Å². The van der Waals surface area contributed by atoms with Crippen LogP contribution in [0.25, 0.3) is 0 Å². The minimum absolute atomic E-state index is 0.0468. The molecular formula is C34H52O3Si. The number of aliphatic carboxylic acids is 1. The van der Waals surface area contributed by atoms with Gasteiger partial charge in [0, 0.05) is 13.0 Å². The Labute approximate surface area is 233 Å². The molecular weight excluding hydrogens is 484 g/mol. The lowest BCUT2D eigenvalue weighted by Gasteiger charge is -2.43. The van der Waals surface area contributed by atoms with E-state index in [4.69, 9.17) is 9.53 Å². The smallest absolute Gasteiger partial charge is 0.303 e. The molecule has 0 radical (unpaired) electrons. The highest BCUT2D eigenvalue weighted by Gasteiger charge is 2.49. The van der Waals surface area contributed by atoms with Crippen LogP contribution in [0, 0.1) is 0 Å². The van der Waals surface area contributed by atoms with Gasteiger partial charge in [0.25, 0.3) is 8.32 Å². The number of allylic oxidation sites excluding steroid dienone is 2. The van der Waals surface area contributed by atoms with E-state index in [0.717, 1.165) is 38.7 Å². The summed E-state index contributed by atoms with van der Waals surface area (Å²) in [5, 5.41) is 11.4. The number of hydrogen-bond acceptors (Lipinski definition) is 2. The molecule has 0 aliphatic heterocycles. The molecule has 0 fully saturated rings. The summed E-state index contributed by atoms with van der Waals surface area (Å²) in [6.07, 6.45) is 20.3. The van der Waals surface area contributed by atoms with Gasteiger partial charge in [0.1, 0.15) is 0 Å². The van der Waals surface area contributed by atoms with Crippen molar-refractivity contribution in [2.45, 2.75) is 116 Å². The summed E-state index contributed by atoms with van der Waals surface area (Å²) >= 11 is 0. The third kappa shape index (κ3) is 11.3. The van der Waals surface area contributed by atoms with E-state index in [0.29, 0.717) is 6.42 Å². The number of carboxylic acids is 1. The van der Waals surface area contributed by atoms with Crippen molar-refractivity contribution < 1.29 is 14.3 Å². The Bertz CT molecular complexity index is 863. The Balaban J connectivity index is 1.62. The van der Waals surface area contributed by atoms with E-state index >= 15 is 0 Å². The molecule has 3 nitrogen and oxygen atoms in total. The van der Waals surface area contributed by atoms with Crippen molar-refractivity contribution in [2.75, 3.05) is 6.61 Å². The number of hydrogen-bond donors (Lipinski definition) is 1. The van der Waals surface area contributed by atoms with Crippen LogP contribution in [0.1, 0.15) is 111 Å². The lowest BCUT2D eigenvalue weighted by molar-refractivity contribution is -0.137. The fourth-order valence-corrected chi connectivity index (χ4v) is 9.97. The number of rotatable bonds is 20. The Morgan fingerprint density at radius 3 is 1.55 bits per heavy atom. The summed E-state index contributed by atoms with van der Waals surface area (Å²) in [7, 11) is -2.39. The lowest BCUT2D eigenvalue weighted by Crippen LogP contribution is -2.66. The first-order chi connectivity index (χ1) is 18.4. The lowest BCUT2D eigenvalue weighted by atomic mass is 10.1. The zero-order valence-electron chi connectivity index (χ0n) is 24.3. The monoisotopic (exact) mass is 536 g/mol. The molecule has 0 bridgehead atoms. The van der Waals surface area contributed by atoms with Gasteiger partial charge in [-0.3, -0.25) is 4.79 Å². The van der Waals surface area contributed by atoms with Crippen LogP contribution in [-0.4, -0.2) is 26.0 Å². The van der Waals surface area contributed by atoms with Crippen molar-refractivity contribution in [1.29, 1.82) is 0 Å². The molecule has 0 saturated heterocycles.